The second-order valence-electron chi connectivity index (χ2n) is 7.34. The van der Waals surface area contributed by atoms with E-state index in [2.05, 4.69) is 47.1 Å². The van der Waals surface area contributed by atoms with Gasteiger partial charge in [0.2, 0.25) is 0 Å². The van der Waals surface area contributed by atoms with Crippen molar-refractivity contribution < 1.29 is 14.7 Å². The monoisotopic (exact) mass is 352 g/mol. The Balaban J connectivity index is 1.41. The van der Waals surface area contributed by atoms with E-state index in [1.807, 2.05) is 23.2 Å². The molecule has 1 aromatic carbocycles. The van der Waals surface area contributed by atoms with E-state index in [0.29, 0.717) is 0 Å². The lowest BCUT2D eigenvalue weighted by Gasteiger charge is -2.36. The van der Waals surface area contributed by atoms with Gasteiger partial charge in [0.25, 0.3) is 11.7 Å². The molecule has 0 radical (unpaired) electrons. The van der Waals surface area contributed by atoms with E-state index < -0.39 is 0 Å². The van der Waals surface area contributed by atoms with Gasteiger partial charge in [0.15, 0.2) is 6.04 Å². The van der Waals surface area contributed by atoms with Crippen molar-refractivity contribution in [3.63, 3.8) is 0 Å². The number of benzene rings is 1. The van der Waals surface area contributed by atoms with Crippen molar-refractivity contribution in [2.75, 3.05) is 42.5 Å². The number of nitrogens with one attached hydrogen (secondary N) is 2. The van der Waals surface area contributed by atoms with Crippen LogP contribution in [-0.4, -0.2) is 44.7 Å². The first-order valence-corrected chi connectivity index (χ1v) is 9.69. The lowest BCUT2D eigenvalue weighted by Crippen LogP contribution is -3.19. The van der Waals surface area contributed by atoms with Crippen LogP contribution in [-0.2, 0) is 11.2 Å². The maximum atomic E-state index is 13.2. The van der Waals surface area contributed by atoms with Gasteiger partial charge in [-0.3, -0.25) is 9.69 Å². The summed E-state index contributed by atoms with van der Waals surface area (Å²) >= 11 is 0. The van der Waals surface area contributed by atoms with Crippen molar-refractivity contribution in [1.29, 1.82) is 0 Å². The summed E-state index contributed by atoms with van der Waals surface area (Å²) in [7, 11) is 0. The molecule has 3 heterocycles. The van der Waals surface area contributed by atoms with E-state index in [9.17, 15) is 4.79 Å². The molecule has 0 spiro atoms. The quantitative estimate of drug-likeness (QED) is 0.878. The number of carbonyl (C=O) groups excluding carboxylic acids is 1. The normalized spacial score (nSPS) is 19.1. The molecule has 2 aliphatic heterocycles. The maximum Gasteiger partial charge on any atom is 0.284 e. The van der Waals surface area contributed by atoms with Crippen molar-refractivity contribution in [3.05, 3.63) is 54.2 Å². The number of pyridine rings is 1. The number of aromatic amines is 1. The number of para-hydroxylation sites is 1. The Labute approximate surface area is 155 Å². The van der Waals surface area contributed by atoms with Crippen molar-refractivity contribution in [2.24, 2.45) is 0 Å². The number of H-pyrrole nitrogens is 1. The zero-order valence-electron chi connectivity index (χ0n) is 15.4. The summed E-state index contributed by atoms with van der Waals surface area (Å²) in [5.74, 6) is 1.43. The first kappa shape index (κ1) is 17.0. The highest BCUT2D eigenvalue weighted by Gasteiger charge is 2.35. The maximum absolute atomic E-state index is 13.2. The molecule has 0 aliphatic carbocycles. The van der Waals surface area contributed by atoms with Gasteiger partial charge in [-0.2, -0.15) is 0 Å². The molecule has 0 saturated carbocycles. The summed E-state index contributed by atoms with van der Waals surface area (Å²) in [5, 5.41) is 0. The molecule has 5 heteroatoms. The van der Waals surface area contributed by atoms with E-state index in [4.69, 9.17) is 0 Å². The van der Waals surface area contributed by atoms with Gasteiger partial charge in [-0.05, 0) is 37.5 Å². The van der Waals surface area contributed by atoms with Crippen LogP contribution < -0.4 is 19.7 Å². The van der Waals surface area contributed by atoms with E-state index in [1.54, 1.807) is 0 Å². The number of aryl methyl sites for hydroxylation is 1. The van der Waals surface area contributed by atoms with E-state index >= 15 is 0 Å². The average Bonchev–Trinajstić information content (AvgIpc) is 2.73. The molecule has 136 valence electrons. The predicted octanol–water partition coefficient (Wildman–Crippen LogP) is 0.574. The van der Waals surface area contributed by atoms with Crippen molar-refractivity contribution >= 4 is 17.4 Å². The predicted molar refractivity (Wildman–Crippen MR) is 102 cm³/mol. The van der Waals surface area contributed by atoms with E-state index in [0.717, 1.165) is 57.1 Å². The summed E-state index contributed by atoms with van der Waals surface area (Å²) in [4.78, 5) is 22.3. The molecule has 1 fully saturated rings. The van der Waals surface area contributed by atoms with Gasteiger partial charge in [0, 0.05) is 18.3 Å². The number of piperazine rings is 1. The molecule has 2 aromatic rings. The molecule has 1 saturated heterocycles. The fourth-order valence-corrected chi connectivity index (χ4v) is 4.22. The number of anilines is 2. The molecular formula is C21H28N4O+2. The van der Waals surface area contributed by atoms with Crippen molar-refractivity contribution in [2.45, 2.75) is 25.8 Å². The third kappa shape index (κ3) is 3.31. The Morgan fingerprint density at radius 2 is 1.85 bits per heavy atom. The zero-order valence-corrected chi connectivity index (χ0v) is 15.4. The number of aromatic nitrogens is 1. The summed E-state index contributed by atoms with van der Waals surface area (Å²) < 4.78 is 0. The summed E-state index contributed by atoms with van der Waals surface area (Å²) in [6, 6.07) is 14.5. The van der Waals surface area contributed by atoms with Crippen molar-refractivity contribution in [3.8, 4) is 0 Å². The number of hydrogen-bond donors (Lipinski definition) is 1. The Morgan fingerprint density at radius 3 is 2.62 bits per heavy atom. The third-order valence-corrected chi connectivity index (χ3v) is 5.80. The minimum atomic E-state index is 0.00283. The molecule has 1 amide bonds. The van der Waals surface area contributed by atoms with Crippen LogP contribution in [0.5, 0.6) is 0 Å². The first-order valence-electron chi connectivity index (χ1n) is 9.69. The second-order valence-corrected chi connectivity index (χ2v) is 7.34. The van der Waals surface area contributed by atoms with E-state index in [-0.39, 0.29) is 11.9 Å². The highest BCUT2D eigenvalue weighted by molar-refractivity contribution is 5.97. The largest absolute Gasteiger partial charge is 0.318 e. The fourth-order valence-electron chi connectivity index (χ4n) is 4.22. The molecule has 5 nitrogen and oxygen atoms in total. The van der Waals surface area contributed by atoms with Crippen LogP contribution in [0.2, 0.25) is 0 Å². The van der Waals surface area contributed by atoms with Gasteiger partial charge >= 0.3 is 0 Å². The average molecular weight is 352 g/mol. The van der Waals surface area contributed by atoms with Crippen LogP contribution >= 0.6 is 0 Å². The van der Waals surface area contributed by atoms with Crippen LogP contribution in [0, 0.1) is 0 Å². The molecule has 26 heavy (non-hydrogen) atoms. The molecule has 0 bridgehead atoms. The Kier molecular flexibility index (Phi) is 4.89. The molecule has 2 N–H and O–H groups in total. The number of nitrogens with zero attached hydrogens (tertiary/aromatic N) is 2. The topological polar surface area (TPSA) is 42.1 Å². The minimum Gasteiger partial charge on any atom is -0.318 e. The lowest BCUT2D eigenvalue weighted by molar-refractivity contribution is -0.914. The molecule has 1 atom stereocenters. The molecule has 2 aliphatic rings. The molecule has 4 rings (SSSR count). The number of quaternary nitrogens is 1. The lowest BCUT2D eigenvalue weighted by atomic mass is 10.0. The van der Waals surface area contributed by atoms with Crippen LogP contribution in [0.1, 0.15) is 18.9 Å². The highest BCUT2D eigenvalue weighted by atomic mass is 16.2. The smallest absolute Gasteiger partial charge is 0.284 e. The van der Waals surface area contributed by atoms with Gasteiger partial charge in [0.1, 0.15) is 26.2 Å². The Bertz CT molecular complexity index is 756. The molecule has 1 aromatic heterocycles. The minimum absolute atomic E-state index is 0.00283. The van der Waals surface area contributed by atoms with Gasteiger partial charge < -0.3 is 9.80 Å². The summed E-state index contributed by atoms with van der Waals surface area (Å²) in [5.41, 5.74) is 2.42. The van der Waals surface area contributed by atoms with Crippen LogP contribution in [0.15, 0.2) is 48.7 Å². The SMILES string of the molecule is C[C@H](C(=O)N1CCCc2ccccc21)[NH+]1CCN(c2cccc[nH+]2)CC1. The van der Waals surface area contributed by atoms with Crippen LogP contribution in [0.25, 0.3) is 0 Å². The number of rotatable bonds is 3. The number of fused-ring (bicyclic) bond motifs is 1. The zero-order chi connectivity index (χ0) is 17.9. The Hall–Kier alpha value is -2.40. The van der Waals surface area contributed by atoms with E-state index in [1.165, 1.54) is 10.5 Å². The summed E-state index contributed by atoms with van der Waals surface area (Å²) in [6.07, 6.45) is 4.10. The van der Waals surface area contributed by atoms with Gasteiger partial charge in [-0.1, -0.05) is 24.3 Å². The number of amides is 1. The molecule has 0 unspecified atom stereocenters. The fraction of sp³-hybridized carbons (Fsp3) is 0.429. The van der Waals surface area contributed by atoms with Gasteiger partial charge in [0.05, 0.1) is 6.20 Å². The number of hydrogen-bond acceptors (Lipinski definition) is 2. The van der Waals surface area contributed by atoms with Crippen LogP contribution in [0.4, 0.5) is 11.5 Å². The van der Waals surface area contributed by atoms with Crippen molar-refractivity contribution in [1.82, 2.24) is 0 Å². The third-order valence-electron chi connectivity index (χ3n) is 5.80. The highest BCUT2D eigenvalue weighted by Crippen LogP contribution is 2.26. The summed E-state index contributed by atoms with van der Waals surface area (Å²) in [6.45, 7) is 6.88. The number of carbonyl (C=O) groups is 1. The Morgan fingerprint density at radius 1 is 1.08 bits per heavy atom. The molecular weight excluding hydrogens is 324 g/mol. The van der Waals surface area contributed by atoms with Gasteiger partial charge in [-0.25, -0.2) is 4.98 Å². The standard InChI is InChI=1S/C21H26N4O/c1-17(21(26)25-12-6-8-18-7-2-3-9-19(18)25)23-13-15-24(16-14-23)20-10-4-5-11-22-20/h2-5,7,9-11,17H,6,8,12-16H2,1H3/p+2/t17-/m1/s1. The second kappa shape index (κ2) is 7.46. The first-order chi connectivity index (χ1) is 12.7. The van der Waals surface area contributed by atoms with Gasteiger partial charge in [-0.15, -0.1) is 0 Å². The van der Waals surface area contributed by atoms with Crippen LogP contribution in [0.3, 0.4) is 0 Å².